The number of likely N-dealkylation sites (tertiary alicyclic amines) is 1. The summed E-state index contributed by atoms with van der Waals surface area (Å²) in [5.41, 5.74) is 9.30. The standard InChI is InChI=1S/C31H34N4O3.C12H22N2O3.C2H5NO2/c36-22-32-25-14-10-23(11-15-25)20-34(27-6-2-1-3-7-27)21-24-12-16-26(17-13-24)33-31(38)29-19-18-28-8-4-5-9-30(37)35(28)29;1-14-8-4-7-11(14)6-3-5-10(9-15)13-12(16)17-2;1-5-2(3)4/h1-3,6-7,10-17,22,28-29H,4-5,8-9,18-21H2,(H,32,36)(H,33,38);9-11H,3-8H2,1-2H3,(H,13,16);1H3,(H2,3,4)/t;10?,11-;/m.0./s1. The van der Waals surface area contributed by atoms with Gasteiger partial charge in [0, 0.05) is 48.7 Å². The van der Waals surface area contributed by atoms with E-state index in [0.717, 1.165) is 79.4 Å². The average Bonchev–Trinajstić information content (AvgIpc) is 3.84. The summed E-state index contributed by atoms with van der Waals surface area (Å²) >= 11 is 0. The summed E-state index contributed by atoms with van der Waals surface area (Å²) in [6, 6.07) is 26.1. The van der Waals surface area contributed by atoms with E-state index in [0.29, 0.717) is 38.4 Å². The number of nitrogens with zero attached hydrogens (tertiary/aromatic N) is 3. The maximum Gasteiger partial charge on any atom is 0.407 e. The van der Waals surface area contributed by atoms with E-state index < -0.39 is 18.2 Å². The Morgan fingerprint density at radius 3 is 2.07 bits per heavy atom. The maximum atomic E-state index is 13.1. The molecule has 5 amide bonds. The van der Waals surface area contributed by atoms with E-state index in [1.807, 2.05) is 71.6 Å². The number of amides is 5. The van der Waals surface area contributed by atoms with Gasteiger partial charge in [0.25, 0.3) is 0 Å². The van der Waals surface area contributed by atoms with E-state index >= 15 is 0 Å². The largest absolute Gasteiger partial charge is 0.453 e. The van der Waals surface area contributed by atoms with Crippen LogP contribution in [-0.4, -0.2) is 98.5 Å². The van der Waals surface area contributed by atoms with Crippen molar-refractivity contribution in [2.24, 2.45) is 5.73 Å². The van der Waals surface area contributed by atoms with Crippen molar-refractivity contribution in [2.75, 3.05) is 43.3 Å². The van der Waals surface area contributed by atoms with Crippen LogP contribution in [0.1, 0.15) is 81.8 Å². The normalized spacial score (nSPS) is 18.8. The molecule has 3 saturated heterocycles. The molecule has 3 aromatic rings. The van der Waals surface area contributed by atoms with Crippen LogP contribution in [-0.2, 0) is 41.7 Å². The van der Waals surface area contributed by atoms with Gasteiger partial charge in [0.15, 0.2) is 0 Å². The van der Waals surface area contributed by atoms with Crippen molar-refractivity contribution < 1.29 is 38.2 Å². The number of methoxy groups -OCH3 is 2. The van der Waals surface area contributed by atoms with Gasteiger partial charge in [0.05, 0.1) is 20.3 Å². The van der Waals surface area contributed by atoms with E-state index in [9.17, 15) is 28.8 Å². The van der Waals surface area contributed by atoms with Crippen molar-refractivity contribution >= 4 is 53.8 Å². The maximum absolute atomic E-state index is 13.1. The fourth-order valence-corrected chi connectivity index (χ4v) is 7.90. The Labute approximate surface area is 353 Å². The van der Waals surface area contributed by atoms with Gasteiger partial charge in [-0.1, -0.05) is 48.9 Å². The lowest BCUT2D eigenvalue weighted by Gasteiger charge is -2.28. The second kappa shape index (κ2) is 24.8. The Hall–Kier alpha value is -5.96. The number of carbonyl (C=O) groups is 6. The number of para-hydroxylation sites is 1. The van der Waals surface area contributed by atoms with E-state index in [1.165, 1.54) is 33.6 Å². The van der Waals surface area contributed by atoms with Gasteiger partial charge >= 0.3 is 12.2 Å². The third-order valence-electron chi connectivity index (χ3n) is 11.1. The molecule has 3 unspecified atom stereocenters. The highest BCUT2D eigenvalue weighted by atomic mass is 16.5. The number of nitrogens with one attached hydrogen (secondary N) is 3. The first-order chi connectivity index (χ1) is 29.0. The zero-order chi connectivity index (χ0) is 43.3. The van der Waals surface area contributed by atoms with Crippen LogP contribution >= 0.6 is 0 Å². The smallest absolute Gasteiger partial charge is 0.407 e. The number of carbonyl (C=O) groups excluding carboxylic acids is 6. The van der Waals surface area contributed by atoms with Gasteiger partial charge in [-0.3, -0.25) is 14.4 Å². The minimum absolute atomic E-state index is 0.0890. The molecule has 3 heterocycles. The number of benzene rings is 3. The number of primary amides is 1. The fraction of sp³-hybridized carbons (Fsp3) is 0.467. The molecular weight excluding hydrogens is 767 g/mol. The predicted octanol–water partition coefficient (Wildman–Crippen LogP) is 6.22. The van der Waals surface area contributed by atoms with Crippen molar-refractivity contribution in [3.63, 3.8) is 0 Å². The molecule has 0 saturated carbocycles. The molecule has 0 spiro atoms. The average molecular weight is 828 g/mol. The third kappa shape index (κ3) is 15.0. The lowest BCUT2D eigenvalue weighted by atomic mass is 10.0. The molecule has 0 radical (unpaired) electrons. The molecule has 0 aliphatic carbocycles. The zero-order valence-electron chi connectivity index (χ0n) is 35.1. The molecule has 324 valence electrons. The van der Waals surface area contributed by atoms with E-state index in [1.54, 1.807) is 0 Å². The Morgan fingerprint density at radius 1 is 0.850 bits per heavy atom. The van der Waals surface area contributed by atoms with Gasteiger partial charge in [-0.15, -0.1) is 0 Å². The molecule has 5 N–H and O–H groups in total. The van der Waals surface area contributed by atoms with Crippen molar-refractivity contribution in [1.82, 2.24) is 15.1 Å². The van der Waals surface area contributed by atoms with Crippen LogP contribution in [0.5, 0.6) is 0 Å². The first kappa shape index (κ1) is 46.7. The molecule has 0 bridgehead atoms. The highest BCUT2D eigenvalue weighted by Gasteiger charge is 2.41. The molecule has 3 aliphatic heterocycles. The molecule has 60 heavy (non-hydrogen) atoms. The van der Waals surface area contributed by atoms with Gasteiger partial charge in [-0.2, -0.15) is 0 Å². The first-order valence-corrected chi connectivity index (χ1v) is 20.7. The minimum Gasteiger partial charge on any atom is -0.453 e. The SMILES string of the molecule is COC(=O)NC(C=O)CCC[C@H]1CCCN1C.COC(N)=O.O=CNc1ccc(CN(Cc2ccc(NC(=O)C3CCC4CCCCC(=O)N43)cc2)c2ccccc2)cc1. The summed E-state index contributed by atoms with van der Waals surface area (Å²) in [5.74, 6) is 0.0325. The molecule has 6 rings (SSSR count). The van der Waals surface area contributed by atoms with Crippen LogP contribution in [0.3, 0.4) is 0 Å². The number of ether oxygens (including phenoxy) is 2. The quantitative estimate of drug-likeness (QED) is 0.128. The van der Waals surface area contributed by atoms with Crippen LogP contribution in [0.2, 0.25) is 0 Å². The zero-order valence-corrected chi connectivity index (χ0v) is 35.1. The number of hydrogen-bond acceptors (Lipinski definition) is 10. The third-order valence-corrected chi connectivity index (χ3v) is 11.1. The van der Waals surface area contributed by atoms with Crippen molar-refractivity contribution in [3.05, 3.63) is 90.0 Å². The topological polar surface area (TPSA) is 193 Å². The van der Waals surface area contributed by atoms with Crippen molar-refractivity contribution in [2.45, 2.75) is 108 Å². The first-order valence-electron chi connectivity index (χ1n) is 20.7. The van der Waals surface area contributed by atoms with Gasteiger partial charge in [-0.05, 0) is 119 Å². The summed E-state index contributed by atoms with van der Waals surface area (Å²) in [5, 5.41) is 8.23. The number of nitrogens with two attached hydrogens (primary N) is 1. The molecule has 3 fully saturated rings. The Kier molecular flexibility index (Phi) is 19.3. The van der Waals surface area contributed by atoms with Crippen molar-refractivity contribution in [1.29, 1.82) is 0 Å². The number of alkyl carbamates (subject to hydrolysis) is 1. The second-order valence-corrected chi connectivity index (χ2v) is 15.2. The van der Waals surface area contributed by atoms with Crippen LogP contribution in [0.4, 0.5) is 26.7 Å². The lowest BCUT2D eigenvalue weighted by Crippen LogP contribution is -2.46. The second-order valence-electron chi connectivity index (χ2n) is 15.2. The molecule has 3 aromatic carbocycles. The minimum atomic E-state index is -0.745. The van der Waals surface area contributed by atoms with Gasteiger partial charge < -0.3 is 50.7 Å². The van der Waals surface area contributed by atoms with E-state index in [-0.39, 0.29) is 23.9 Å². The number of fused-ring (bicyclic) bond motifs is 1. The Bertz CT molecular complexity index is 1810. The Balaban J connectivity index is 0.000000300. The summed E-state index contributed by atoms with van der Waals surface area (Å²) in [4.78, 5) is 74.0. The number of anilines is 3. The van der Waals surface area contributed by atoms with Crippen LogP contribution in [0.15, 0.2) is 78.9 Å². The van der Waals surface area contributed by atoms with Crippen LogP contribution < -0.4 is 26.6 Å². The molecule has 15 heteroatoms. The Morgan fingerprint density at radius 2 is 1.50 bits per heavy atom. The van der Waals surface area contributed by atoms with Crippen molar-refractivity contribution in [3.8, 4) is 0 Å². The van der Waals surface area contributed by atoms with Gasteiger partial charge in [0.1, 0.15) is 12.3 Å². The fourth-order valence-electron chi connectivity index (χ4n) is 7.90. The van der Waals surface area contributed by atoms with Gasteiger partial charge in [0.2, 0.25) is 18.2 Å². The molecular formula is C45H61N7O8. The summed E-state index contributed by atoms with van der Waals surface area (Å²) in [7, 11) is 4.66. The highest BCUT2D eigenvalue weighted by molar-refractivity contribution is 5.97. The molecule has 3 aliphatic rings. The van der Waals surface area contributed by atoms with Crippen LogP contribution in [0.25, 0.3) is 0 Å². The lowest BCUT2D eigenvalue weighted by molar-refractivity contribution is -0.138. The molecule has 4 atom stereocenters. The highest BCUT2D eigenvalue weighted by Crippen LogP contribution is 2.32. The monoisotopic (exact) mass is 827 g/mol. The van der Waals surface area contributed by atoms with Crippen LogP contribution in [0, 0.1) is 0 Å². The number of aldehydes is 1. The summed E-state index contributed by atoms with van der Waals surface area (Å²) in [6.45, 7) is 2.57. The van der Waals surface area contributed by atoms with E-state index in [2.05, 4.69) is 60.1 Å². The summed E-state index contributed by atoms with van der Waals surface area (Å²) in [6.07, 6.45) is 10.6. The molecule has 15 nitrogen and oxygen atoms in total. The van der Waals surface area contributed by atoms with E-state index in [4.69, 9.17) is 0 Å². The number of hydrogen-bond donors (Lipinski definition) is 4. The molecule has 0 aromatic heterocycles. The van der Waals surface area contributed by atoms with Gasteiger partial charge in [-0.25, -0.2) is 9.59 Å². The summed E-state index contributed by atoms with van der Waals surface area (Å²) < 4.78 is 8.35. The predicted molar refractivity (Wildman–Crippen MR) is 231 cm³/mol. The number of rotatable bonds is 15.